The number of nitrogens with two attached hydrogens (primary N) is 3. The molecule has 106 valence electrons. The summed E-state index contributed by atoms with van der Waals surface area (Å²) in [6.07, 6.45) is 0. The molecule has 7 N–H and O–H groups in total. The minimum absolute atomic E-state index is 0.0326. The lowest BCUT2D eigenvalue weighted by atomic mass is 10.0. The van der Waals surface area contributed by atoms with Crippen molar-refractivity contribution in [2.75, 3.05) is 11.1 Å². The molecule has 0 bridgehead atoms. The van der Waals surface area contributed by atoms with Gasteiger partial charge in [0.15, 0.2) is 0 Å². The Morgan fingerprint density at radius 3 is 2.26 bits per heavy atom. The summed E-state index contributed by atoms with van der Waals surface area (Å²) in [6.45, 7) is 3.66. The molecule has 1 amide bonds. The van der Waals surface area contributed by atoms with Crippen molar-refractivity contribution in [3.05, 3.63) is 18.2 Å². The van der Waals surface area contributed by atoms with Crippen LogP contribution in [0.15, 0.2) is 23.1 Å². The highest BCUT2D eigenvalue weighted by atomic mass is 32.2. The van der Waals surface area contributed by atoms with Crippen LogP contribution in [0.3, 0.4) is 0 Å². The summed E-state index contributed by atoms with van der Waals surface area (Å²) >= 11 is 0. The van der Waals surface area contributed by atoms with Crippen LogP contribution in [0.2, 0.25) is 0 Å². The van der Waals surface area contributed by atoms with E-state index in [2.05, 4.69) is 5.32 Å². The molecule has 0 aliphatic heterocycles. The number of nitrogen functional groups attached to an aromatic ring is 1. The first-order valence-electron chi connectivity index (χ1n) is 5.61. The second kappa shape index (κ2) is 5.45. The molecular weight excluding hydrogens is 268 g/mol. The number of hydrogen-bond donors (Lipinski definition) is 4. The lowest BCUT2D eigenvalue weighted by molar-refractivity contribution is -0.119. The van der Waals surface area contributed by atoms with Gasteiger partial charge in [0.1, 0.15) is 6.04 Å². The lowest BCUT2D eigenvalue weighted by Crippen LogP contribution is -2.39. The van der Waals surface area contributed by atoms with Gasteiger partial charge in [-0.2, -0.15) is 0 Å². The van der Waals surface area contributed by atoms with E-state index in [9.17, 15) is 13.2 Å². The molecule has 0 aliphatic carbocycles. The zero-order chi connectivity index (χ0) is 14.8. The average Bonchev–Trinajstić information content (AvgIpc) is 2.24. The number of amides is 1. The van der Waals surface area contributed by atoms with Gasteiger partial charge in [-0.15, -0.1) is 0 Å². The van der Waals surface area contributed by atoms with Gasteiger partial charge in [0.25, 0.3) is 0 Å². The number of primary amides is 1. The minimum atomic E-state index is -3.80. The van der Waals surface area contributed by atoms with Crippen LogP contribution < -0.4 is 21.9 Å². The van der Waals surface area contributed by atoms with Gasteiger partial charge in [-0.1, -0.05) is 13.8 Å². The van der Waals surface area contributed by atoms with Crippen LogP contribution in [-0.2, 0) is 14.8 Å². The molecule has 0 spiro atoms. The van der Waals surface area contributed by atoms with Gasteiger partial charge in [-0.25, -0.2) is 13.6 Å². The predicted molar refractivity (Wildman–Crippen MR) is 73.7 cm³/mol. The fraction of sp³-hybridized carbons (Fsp3) is 0.364. The number of benzene rings is 1. The second-order valence-electron chi connectivity index (χ2n) is 4.56. The van der Waals surface area contributed by atoms with E-state index < -0.39 is 22.0 Å². The molecule has 1 aromatic carbocycles. The van der Waals surface area contributed by atoms with Crippen molar-refractivity contribution in [1.82, 2.24) is 0 Å². The largest absolute Gasteiger partial charge is 0.397 e. The Balaban J connectivity index is 3.07. The number of carbonyl (C=O) groups is 1. The highest BCUT2D eigenvalue weighted by Crippen LogP contribution is 2.23. The number of rotatable bonds is 5. The van der Waals surface area contributed by atoms with Gasteiger partial charge in [-0.05, 0) is 24.1 Å². The monoisotopic (exact) mass is 286 g/mol. The van der Waals surface area contributed by atoms with Gasteiger partial charge in [0.05, 0.1) is 16.3 Å². The van der Waals surface area contributed by atoms with Crippen LogP contribution in [0, 0.1) is 5.92 Å². The van der Waals surface area contributed by atoms with E-state index in [1.165, 1.54) is 18.2 Å². The fourth-order valence-corrected chi connectivity index (χ4v) is 2.13. The zero-order valence-electron chi connectivity index (χ0n) is 10.8. The van der Waals surface area contributed by atoms with Crippen molar-refractivity contribution in [3.63, 3.8) is 0 Å². The molecule has 0 fully saturated rings. The number of anilines is 2. The van der Waals surface area contributed by atoms with E-state index >= 15 is 0 Å². The molecule has 19 heavy (non-hydrogen) atoms. The number of nitrogens with one attached hydrogen (secondary N) is 1. The molecule has 1 atom stereocenters. The predicted octanol–water partition coefficient (Wildman–Crippen LogP) is -0.162. The molecule has 1 unspecified atom stereocenters. The standard InChI is InChI=1S/C11H18N4O3S/c1-6(2)10(11(13)16)15-9-4-3-7(5-8(9)12)19(14,17)18/h3-6,10,15H,12H2,1-2H3,(H2,13,16)(H2,14,17,18). The van der Waals surface area contributed by atoms with Gasteiger partial charge >= 0.3 is 0 Å². The number of sulfonamides is 1. The molecular formula is C11H18N4O3S. The maximum Gasteiger partial charge on any atom is 0.240 e. The van der Waals surface area contributed by atoms with Crippen molar-refractivity contribution >= 4 is 27.3 Å². The molecule has 0 saturated heterocycles. The highest BCUT2D eigenvalue weighted by molar-refractivity contribution is 7.89. The normalized spacial score (nSPS) is 13.3. The molecule has 0 radical (unpaired) electrons. The van der Waals surface area contributed by atoms with Gasteiger partial charge in [0.2, 0.25) is 15.9 Å². The summed E-state index contributed by atoms with van der Waals surface area (Å²) < 4.78 is 22.3. The van der Waals surface area contributed by atoms with E-state index in [0.29, 0.717) is 5.69 Å². The van der Waals surface area contributed by atoms with Crippen LogP contribution in [-0.4, -0.2) is 20.4 Å². The first-order valence-corrected chi connectivity index (χ1v) is 7.15. The summed E-state index contributed by atoms with van der Waals surface area (Å²) in [5, 5.41) is 7.89. The highest BCUT2D eigenvalue weighted by Gasteiger charge is 2.20. The van der Waals surface area contributed by atoms with E-state index in [-0.39, 0.29) is 16.5 Å². The first kappa shape index (κ1) is 15.3. The summed E-state index contributed by atoms with van der Waals surface area (Å²) in [5.41, 5.74) is 11.6. The van der Waals surface area contributed by atoms with Crippen molar-refractivity contribution in [1.29, 1.82) is 0 Å². The maximum atomic E-state index is 11.3. The van der Waals surface area contributed by atoms with Crippen molar-refractivity contribution < 1.29 is 13.2 Å². The van der Waals surface area contributed by atoms with E-state index in [1.807, 2.05) is 13.8 Å². The SMILES string of the molecule is CC(C)C(Nc1ccc(S(N)(=O)=O)cc1N)C(N)=O. The van der Waals surface area contributed by atoms with Crippen LogP contribution in [0.5, 0.6) is 0 Å². The summed E-state index contributed by atoms with van der Waals surface area (Å²) in [4.78, 5) is 11.2. The van der Waals surface area contributed by atoms with Crippen LogP contribution in [0.4, 0.5) is 11.4 Å². The maximum absolute atomic E-state index is 11.3. The van der Waals surface area contributed by atoms with E-state index in [1.54, 1.807) is 0 Å². The van der Waals surface area contributed by atoms with Crippen molar-refractivity contribution in [2.24, 2.45) is 16.8 Å². The fourth-order valence-electron chi connectivity index (χ4n) is 1.58. The van der Waals surface area contributed by atoms with E-state index in [0.717, 1.165) is 0 Å². The summed E-state index contributed by atoms with van der Waals surface area (Å²) in [5.74, 6) is -0.542. The van der Waals surface area contributed by atoms with Gasteiger partial charge < -0.3 is 16.8 Å². The minimum Gasteiger partial charge on any atom is -0.397 e. The molecule has 0 aromatic heterocycles. The van der Waals surface area contributed by atoms with E-state index in [4.69, 9.17) is 16.6 Å². The molecule has 1 aromatic rings. The van der Waals surface area contributed by atoms with Crippen LogP contribution in [0.25, 0.3) is 0 Å². The zero-order valence-corrected chi connectivity index (χ0v) is 11.6. The van der Waals surface area contributed by atoms with Crippen LogP contribution in [0.1, 0.15) is 13.8 Å². The van der Waals surface area contributed by atoms with Gasteiger partial charge in [0, 0.05) is 0 Å². The Labute approximate surface area is 112 Å². The third-order valence-corrected chi connectivity index (χ3v) is 3.55. The average molecular weight is 286 g/mol. The second-order valence-corrected chi connectivity index (χ2v) is 6.12. The third kappa shape index (κ3) is 3.83. The number of carbonyl (C=O) groups excluding carboxylic acids is 1. The molecule has 1 rings (SSSR count). The van der Waals surface area contributed by atoms with Crippen molar-refractivity contribution in [2.45, 2.75) is 24.8 Å². The smallest absolute Gasteiger partial charge is 0.240 e. The summed E-state index contributed by atoms with van der Waals surface area (Å²) in [7, 11) is -3.80. The Hall–Kier alpha value is -1.80. The molecule has 0 heterocycles. The van der Waals surface area contributed by atoms with Crippen molar-refractivity contribution in [3.8, 4) is 0 Å². The molecule has 7 nitrogen and oxygen atoms in total. The Morgan fingerprint density at radius 1 is 1.32 bits per heavy atom. The van der Waals surface area contributed by atoms with Gasteiger partial charge in [-0.3, -0.25) is 4.79 Å². The summed E-state index contributed by atoms with van der Waals surface area (Å²) in [6, 6.07) is 3.40. The molecule has 0 aliphatic rings. The number of primary sulfonamides is 1. The van der Waals surface area contributed by atoms with Crippen LogP contribution >= 0.6 is 0 Å². The molecule has 8 heteroatoms. The quantitative estimate of drug-likeness (QED) is 0.556. The lowest BCUT2D eigenvalue weighted by Gasteiger charge is -2.21. The Bertz CT molecular complexity index is 584. The Kier molecular flexibility index (Phi) is 4.38. The topological polar surface area (TPSA) is 141 Å². The number of hydrogen-bond acceptors (Lipinski definition) is 5. The Morgan fingerprint density at radius 2 is 1.89 bits per heavy atom. The first-order chi connectivity index (χ1) is 8.62. The molecule has 0 saturated carbocycles. The third-order valence-electron chi connectivity index (χ3n) is 2.64.